The first-order valence-electron chi connectivity index (χ1n) is 6.33. The summed E-state index contributed by atoms with van der Waals surface area (Å²) in [4.78, 5) is 0. The molecule has 0 saturated carbocycles. The summed E-state index contributed by atoms with van der Waals surface area (Å²) in [6.45, 7) is 2.17. The van der Waals surface area contributed by atoms with Crippen LogP contribution in [0.25, 0.3) is 0 Å². The van der Waals surface area contributed by atoms with E-state index in [0.717, 1.165) is 19.3 Å². The van der Waals surface area contributed by atoms with Gasteiger partial charge in [-0.25, -0.2) is 0 Å². The highest BCUT2D eigenvalue weighted by Crippen LogP contribution is 2.33. The Morgan fingerprint density at radius 2 is 1.94 bits per heavy atom. The molecular weight excluding hydrogens is 222 g/mol. The first-order chi connectivity index (χ1) is 8.74. The maximum absolute atomic E-state index is 9.40. The van der Waals surface area contributed by atoms with Gasteiger partial charge in [0.25, 0.3) is 0 Å². The zero-order chi connectivity index (χ0) is 13.0. The molecule has 0 aromatic heterocycles. The van der Waals surface area contributed by atoms with Crippen LogP contribution in [0.5, 0.6) is 0 Å². The zero-order valence-corrected chi connectivity index (χ0v) is 10.6. The van der Waals surface area contributed by atoms with Gasteiger partial charge in [0.15, 0.2) is 0 Å². The SMILES string of the molecule is CCC(C1=CC=C(O)CC1)c1ccc(C#N)cc1. The van der Waals surface area contributed by atoms with Crippen LogP contribution in [-0.4, -0.2) is 5.11 Å². The van der Waals surface area contributed by atoms with Crippen LogP contribution in [0.1, 0.15) is 43.2 Å². The van der Waals surface area contributed by atoms with Crippen molar-refractivity contribution in [1.82, 2.24) is 0 Å². The second-order valence-electron chi connectivity index (χ2n) is 4.59. The molecule has 0 bridgehead atoms. The lowest BCUT2D eigenvalue weighted by molar-refractivity contribution is 0.383. The van der Waals surface area contributed by atoms with E-state index in [2.05, 4.69) is 13.0 Å². The molecule has 2 rings (SSSR count). The van der Waals surface area contributed by atoms with Crippen molar-refractivity contribution in [2.75, 3.05) is 0 Å². The summed E-state index contributed by atoms with van der Waals surface area (Å²) in [5.74, 6) is 0.857. The minimum atomic E-state index is 0.391. The highest BCUT2D eigenvalue weighted by atomic mass is 16.3. The van der Waals surface area contributed by atoms with Gasteiger partial charge < -0.3 is 5.11 Å². The number of aliphatic hydroxyl groups is 1. The van der Waals surface area contributed by atoms with Crippen molar-refractivity contribution in [3.63, 3.8) is 0 Å². The van der Waals surface area contributed by atoms with Gasteiger partial charge in [-0.1, -0.05) is 30.7 Å². The Balaban J connectivity index is 2.25. The first-order valence-corrected chi connectivity index (χ1v) is 6.33. The van der Waals surface area contributed by atoms with Crippen LogP contribution in [0.15, 0.2) is 47.7 Å². The third kappa shape index (κ3) is 2.62. The van der Waals surface area contributed by atoms with Crippen molar-refractivity contribution in [3.05, 3.63) is 58.9 Å². The fraction of sp³-hybridized carbons (Fsp3) is 0.312. The summed E-state index contributed by atoms with van der Waals surface area (Å²) in [5.41, 5.74) is 3.31. The summed E-state index contributed by atoms with van der Waals surface area (Å²) >= 11 is 0. The van der Waals surface area contributed by atoms with Crippen LogP contribution in [0.4, 0.5) is 0 Å². The number of allylic oxidation sites excluding steroid dienone is 4. The maximum atomic E-state index is 9.40. The van der Waals surface area contributed by atoms with Crippen molar-refractivity contribution in [1.29, 1.82) is 5.26 Å². The molecule has 1 aromatic rings. The normalized spacial score (nSPS) is 16.4. The van der Waals surface area contributed by atoms with E-state index >= 15 is 0 Å². The van der Waals surface area contributed by atoms with Crippen molar-refractivity contribution in [2.24, 2.45) is 0 Å². The number of rotatable bonds is 3. The smallest absolute Gasteiger partial charge is 0.0991 e. The van der Waals surface area contributed by atoms with Gasteiger partial charge in [-0.3, -0.25) is 0 Å². The van der Waals surface area contributed by atoms with Gasteiger partial charge in [0.2, 0.25) is 0 Å². The van der Waals surface area contributed by atoms with Gasteiger partial charge in [-0.2, -0.15) is 5.26 Å². The molecule has 2 heteroatoms. The topological polar surface area (TPSA) is 44.0 Å². The van der Waals surface area contributed by atoms with E-state index in [1.54, 1.807) is 6.08 Å². The largest absolute Gasteiger partial charge is 0.512 e. The number of nitrogens with zero attached hydrogens (tertiary/aromatic N) is 1. The molecule has 92 valence electrons. The zero-order valence-electron chi connectivity index (χ0n) is 10.6. The fourth-order valence-corrected chi connectivity index (χ4v) is 2.43. The van der Waals surface area contributed by atoms with Crippen molar-refractivity contribution >= 4 is 0 Å². The van der Waals surface area contributed by atoms with E-state index < -0.39 is 0 Å². The Morgan fingerprint density at radius 3 is 2.44 bits per heavy atom. The Kier molecular flexibility index (Phi) is 3.84. The molecule has 18 heavy (non-hydrogen) atoms. The number of benzene rings is 1. The molecule has 1 unspecified atom stereocenters. The van der Waals surface area contributed by atoms with Gasteiger partial charge in [-0.05, 0) is 36.6 Å². The molecule has 2 nitrogen and oxygen atoms in total. The standard InChI is InChI=1S/C16H17NO/c1-2-16(14-7-9-15(18)10-8-14)13-5-3-12(11-17)4-6-13/h3-7,9,16,18H,2,8,10H2,1H3. The van der Waals surface area contributed by atoms with Gasteiger partial charge in [0.1, 0.15) is 0 Å². The predicted molar refractivity (Wildman–Crippen MR) is 72.2 cm³/mol. The van der Waals surface area contributed by atoms with Gasteiger partial charge >= 0.3 is 0 Å². The number of hydrogen-bond acceptors (Lipinski definition) is 2. The third-order valence-corrected chi connectivity index (χ3v) is 3.46. The summed E-state index contributed by atoms with van der Waals surface area (Å²) in [7, 11) is 0. The number of nitriles is 1. The minimum absolute atomic E-state index is 0.391. The van der Waals surface area contributed by atoms with E-state index in [9.17, 15) is 5.11 Å². The Hall–Kier alpha value is -2.01. The summed E-state index contributed by atoms with van der Waals surface area (Å²) in [6, 6.07) is 9.95. The van der Waals surface area contributed by atoms with E-state index in [1.807, 2.05) is 30.3 Å². The molecule has 0 heterocycles. The summed E-state index contributed by atoms with van der Waals surface area (Å²) in [6.07, 6.45) is 6.52. The molecule has 0 amide bonds. The average molecular weight is 239 g/mol. The van der Waals surface area contributed by atoms with E-state index in [0.29, 0.717) is 17.2 Å². The van der Waals surface area contributed by atoms with Crippen molar-refractivity contribution in [3.8, 4) is 6.07 Å². The molecule has 0 fully saturated rings. The molecule has 0 radical (unpaired) electrons. The van der Waals surface area contributed by atoms with Crippen LogP contribution in [0.2, 0.25) is 0 Å². The van der Waals surface area contributed by atoms with Crippen molar-refractivity contribution < 1.29 is 5.11 Å². The van der Waals surface area contributed by atoms with Crippen LogP contribution < -0.4 is 0 Å². The first kappa shape index (κ1) is 12.4. The molecular formula is C16H17NO. The lowest BCUT2D eigenvalue weighted by Gasteiger charge is -2.21. The molecule has 1 aliphatic rings. The monoisotopic (exact) mass is 239 g/mol. The van der Waals surface area contributed by atoms with E-state index in [-0.39, 0.29) is 0 Å². The number of aliphatic hydroxyl groups excluding tert-OH is 1. The second kappa shape index (κ2) is 5.55. The van der Waals surface area contributed by atoms with Crippen LogP contribution >= 0.6 is 0 Å². The lowest BCUT2D eigenvalue weighted by atomic mass is 9.84. The Labute approximate surface area is 108 Å². The molecule has 1 N–H and O–H groups in total. The molecule has 0 saturated heterocycles. The van der Waals surface area contributed by atoms with Crippen LogP contribution in [-0.2, 0) is 0 Å². The van der Waals surface area contributed by atoms with E-state index in [4.69, 9.17) is 5.26 Å². The van der Waals surface area contributed by atoms with Gasteiger partial charge in [0.05, 0.1) is 17.4 Å². The third-order valence-electron chi connectivity index (χ3n) is 3.46. The average Bonchev–Trinajstić information content (AvgIpc) is 2.42. The number of hydrogen-bond donors (Lipinski definition) is 1. The molecule has 1 aromatic carbocycles. The highest BCUT2D eigenvalue weighted by Gasteiger charge is 2.16. The maximum Gasteiger partial charge on any atom is 0.0991 e. The van der Waals surface area contributed by atoms with Gasteiger partial charge in [-0.15, -0.1) is 0 Å². The van der Waals surface area contributed by atoms with Crippen LogP contribution in [0, 0.1) is 11.3 Å². The molecule has 1 aliphatic carbocycles. The minimum Gasteiger partial charge on any atom is -0.512 e. The van der Waals surface area contributed by atoms with Gasteiger partial charge in [0, 0.05) is 12.3 Å². The molecule has 0 aliphatic heterocycles. The highest BCUT2D eigenvalue weighted by molar-refractivity contribution is 5.38. The summed E-state index contributed by atoms with van der Waals surface area (Å²) < 4.78 is 0. The Bertz CT molecular complexity index is 517. The van der Waals surface area contributed by atoms with Crippen molar-refractivity contribution in [2.45, 2.75) is 32.1 Å². The fourth-order valence-electron chi connectivity index (χ4n) is 2.43. The Morgan fingerprint density at radius 1 is 1.22 bits per heavy atom. The quantitative estimate of drug-likeness (QED) is 0.858. The second-order valence-corrected chi connectivity index (χ2v) is 4.59. The van der Waals surface area contributed by atoms with E-state index in [1.165, 1.54) is 11.1 Å². The molecule has 0 spiro atoms. The summed E-state index contributed by atoms with van der Waals surface area (Å²) in [5, 5.41) is 18.2. The predicted octanol–water partition coefficient (Wildman–Crippen LogP) is 4.21. The van der Waals surface area contributed by atoms with Crippen LogP contribution in [0.3, 0.4) is 0 Å². The molecule has 1 atom stereocenters. The lowest BCUT2D eigenvalue weighted by Crippen LogP contribution is -2.04.